The van der Waals surface area contributed by atoms with E-state index in [-0.39, 0.29) is 6.10 Å². The number of likely N-dealkylation sites (N-methyl/N-ethyl adjacent to an activating group) is 1. The number of ether oxygens (including phenoxy) is 1. The summed E-state index contributed by atoms with van der Waals surface area (Å²) in [5.41, 5.74) is 1.15. The first-order chi connectivity index (χ1) is 8.67. The van der Waals surface area contributed by atoms with Crippen molar-refractivity contribution < 1.29 is 4.74 Å². The third-order valence-corrected chi connectivity index (χ3v) is 3.42. The average molecular weight is 289 g/mol. The van der Waals surface area contributed by atoms with Crippen LogP contribution in [0, 0.1) is 0 Å². The maximum Gasteiger partial charge on any atom is 0.0826 e. The first-order valence-corrected chi connectivity index (χ1v) is 6.86. The van der Waals surface area contributed by atoms with Crippen LogP contribution >= 0.6 is 23.2 Å². The molecule has 0 radical (unpaired) electrons. The second-order valence-corrected chi connectivity index (χ2v) is 5.44. The van der Waals surface area contributed by atoms with E-state index in [1.807, 2.05) is 19.2 Å². The molecule has 1 aromatic rings. The van der Waals surface area contributed by atoms with Crippen molar-refractivity contribution in [2.24, 2.45) is 0 Å². The largest absolute Gasteiger partial charge is 0.374 e. The highest BCUT2D eigenvalue weighted by molar-refractivity contribution is 6.34. The molecule has 1 fully saturated rings. The van der Waals surface area contributed by atoms with Gasteiger partial charge in [0.25, 0.3) is 0 Å². The van der Waals surface area contributed by atoms with Crippen molar-refractivity contribution >= 4 is 23.2 Å². The summed E-state index contributed by atoms with van der Waals surface area (Å²) in [6.45, 7) is 4.41. The molecule has 0 bridgehead atoms. The lowest BCUT2D eigenvalue weighted by Gasteiger charge is -2.32. The first kappa shape index (κ1) is 14.1. The van der Waals surface area contributed by atoms with E-state index in [0.29, 0.717) is 10.0 Å². The highest BCUT2D eigenvalue weighted by Gasteiger charge is 2.19. The van der Waals surface area contributed by atoms with E-state index >= 15 is 0 Å². The lowest BCUT2D eigenvalue weighted by atomic mass is 10.2. The zero-order chi connectivity index (χ0) is 13.0. The molecule has 1 saturated heterocycles. The van der Waals surface area contributed by atoms with Gasteiger partial charge in [-0.25, -0.2) is 0 Å². The number of hydrogen-bond donors (Lipinski definition) is 1. The maximum atomic E-state index is 6.01. The van der Waals surface area contributed by atoms with Crippen LogP contribution in [-0.4, -0.2) is 44.3 Å². The molecule has 100 valence electrons. The second kappa shape index (κ2) is 6.73. The fourth-order valence-corrected chi connectivity index (χ4v) is 2.81. The van der Waals surface area contributed by atoms with Crippen LogP contribution in [-0.2, 0) is 11.3 Å². The quantitative estimate of drug-likeness (QED) is 0.921. The van der Waals surface area contributed by atoms with Crippen LogP contribution in [0.25, 0.3) is 0 Å². The molecule has 3 nitrogen and oxygen atoms in total. The maximum absolute atomic E-state index is 6.01. The van der Waals surface area contributed by atoms with Gasteiger partial charge in [0.2, 0.25) is 0 Å². The summed E-state index contributed by atoms with van der Waals surface area (Å²) in [4.78, 5) is 2.37. The molecule has 0 spiro atoms. The molecular formula is C13H18Cl2N2O. The standard InChI is InChI=1S/C13H18Cl2N2O/c1-16-7-13-9-17(2-3-18-13)8-10-4-11(14)6-12(15)5-10/h4-6,13,16H,2-3,7-9H2,1H3. The van der Waals surface area contributed by atoms with Gasteiger partial charge in [0.05, 0.1) is 12.7 Å². The van der Waals surface area contributed by atoms with Crippen molar-refractivity contribution in [1.29, 1.82) is 0 Å². The van der Waals surface area contributed by atoms with Gasteiger partial charge in [0, 0.05) is 36.2 Å². The number of nitrogens with one attached hydrogen (secondary N) is 1. The SMILES string of the molecule is CNCC1CN(Cc2cc(Cl)cc(Cl)c2)CCO1. The van der Waals surface area contributed by atoms with Gasteiger partial charge < -0.3 is 10.1 Å². The number of hydrogen-bond acceptors (Lipinski definition) is 3. The minimum Gasteiger partial charge on any atom is -0.374 e. The van der Waals surface area contributed by atoms with Gasteiger partial charge in [-0.05, 0) is 30.8 Å². The van der Waals surface area contributed by atoms with E-state index in [0.717, 1.165) is 38.3 Å². The Morgan fingerprint density at radius 3 is 2.72 bits per heavy atom. The molecule has 0 amide bonds. The van der Waals surface area contributed by atoms with Crippen molar-refractivity contribution in [2.45, 2.75) is 12.6 Å². The molecule has 1 N–H and O–H groups in total. The van der Waals surface area contributed by atoms with E-state index in [9.17, 15) is 0 Å². The van der Waals surface area contributed by atoms with Crippen LogP contribution < -0.4 is 5.32 Å². The van der Waals surface area contributed by atoms with Crippen molar-refractivity contribution in [2.75, 3.05) is 33.3 Å². The summed E-state index contributed by atoms with van der Waals surface area (Å²) in [5.74, 6) is 0. The Balaban J connectivity index is 1.95. The first-order valence-electron chi connectivity index (χ1n) is 6.11. The topological polar surface area (TPSA) is 24.5 Å². The number of rotatable bonds is 4. The van der Waals surface area contributed by atoms with E-state index in [4.69, 9.17) is 27.9 Å². The molecule has 2 rings (SSSR count). The average Bonchev–Trinajstić information content (AvgIpc) is 2.28. The van der Waals surface area contributed by atoms with Crippen molar-refractivity contribution in [3.63, 3.8) is 0 Å². The molecule has 1 aromatic carbocycles. The van der Waals surface area contributed by atoms with E-state index < -0.39 is 0 Å². The Morgan fingerprint density at radius 1 is 1.33 bits per heavy atom. The molecular weight excluding hydrogens is 271 g/mol. The van der Waals surface area contributed by atoms with E-state index in [1.165, 1.54) is 0 Å². The fourth-order valence-electron chi connectivity index (χ4n) is 2.24. The predicted octanol–water partition coefficient (Wildman–Crippen LogP) is 2.41. The smallest absolute Gasteiger partial charge is 0.0826 e. The summed E-state index contributed by atoms with van der Waals surface area (Å²) in [6.07, 6.45) is 0.262. The van der Waals surface area contributed by atoms with Gasteiger partial charge in [-0.1, -0.05) is 23.2 Å². The highest BCUT2D eigenvalue weighted by atomic mass is 35.5. The normalized spacial score (nSPS) is 21.2. The molecule has 18 heavy (non-hydrogen) atoms. The third kappa shape index (κ3) is 4.11. The number of halogens is 2. The minimum atomic E-state index is 0.262. The lowest BCUT2D eigenvalue weighted by molar-refractivity contribution is -0.0291. The van der Waals surface area contributed by atoms with Crippen LogP contribution in [0.1, 0.15) is 5.56 Å². The van der Waals surface area contributed by atoms with Gasteiger partial charge in [-0.15, -0.1) is 0 Å². The van der Waals surface area contributed by atoms with Gasteiger partial charge in [0.15, 0.2) is 0 Å². The number of nitrogens with zero attached hydrogens (tertiary/aromatic N) is 1. The summed E-state index contributed by atoms with van der Waals surface area (Å²) in [5, 5.41) is 4.53. The number of morpholine rings is 1. The highest BCUT2D eigenvalue weighted by Crippen LogP contribution is 2.20. The van der Waals surface area contributed by atoms with Crippen LogP contribution in [0.4, 0.5) is 0 Å². The molecule has 0 saturated carbocycles. The molecule has 0 aromatic heterocycles. The molecule has 1 unspecified atom stereocenters. The molecule has 0 aliphatic carbocycles. The van der Waals surface area contributed by atoms with E-state index in [1.54, 1.807) is 6.07 Å². The Hall–Kier alpha value is -0.320. The minimum absolute atomic E-state index is 0.262. The predicted molar refractivity (Wildman–Crippen MR) is 75.4 cm³/mol. The Labute approximate surface area is 118 Å². The summed E-state index contributed by atoms with van der Waals surface area (Å²) in [7, 11) is 1.94. The Bertz CT molecular complexity index is 378. The number of benzene rings is 1. The van der Waals surface area contributed by atoms with Crippen LogP contribution in [0.15, 0.2) is 18.2 Å². The van der Waals surface area contributed by atoms with Gasteiger partial charge in [-0.2, -0.15) is 0 Å². The lowest BCUT2D eigenvalue weighted by Crippen LogP contribution is -2.45. The Kier molecular flexibility index (Phi) is 5.27. The molecule has 5 heteroatoms. The third-order valence-electron chi connectivity index (χ3n) is 2.98. The van der Waals surface area contributed by atoms with Crippen LogP contribution in [0.2, 0.25) is 10.0 Å². The van der Waals surface area contributed by atoms with E-state index in [2.05, 4.69) is 10.2 Å². The molecule has 1 aliphatic heterocycles. The van der Waals surface area contributed by atoms with Crippen molar-refractivity contribution in [3.8, 4) is 0 Å². The molecule has 1 aliphatic rings. The van der Waals surface area contributed by atoms with Gasteiger partial charge >= 0.3 is 0 Å². The Morgan fingerprint density at radius 2 is 2.06 bits per heavy atom. The zero-order valence-electron chi connectivity index (χ0n) is 10.5. The molecule has 1 atom stereocenters. The van der Waals surface area contributed by atoms with Crippen molar-refractivity contribution in [3.05, 3.63) is 33.8 Å². The fraction of sp³-hybridized carbons (Fsp3) is 0.538. The van der Waals surface area contributed by atoms with Crippen molar-refractivity contribution in [1.82, 2.24) is 10.2 Å². The summed E-state index contributed by atoms with van der Waals surface area (Å²) < 4.78 is 5.68. The summed E-state index contributed by atoms with van der Waals surface area (Å²) >= 11 is 12.0. The van der Waals surface area contributed by atoms with Crippen LogP contribution in [0.3, 0.4) is 0 Å². The van der Waals surface area contributed by atoms with Gasteiger partial charge in [0.1, 0.15) is 0 Å². The molecule has 1 heterocycles. The second-order valence-electron chi connectivity index (χ2n) is 4.56. The van der Waals surface area contributed by atoms with Gasteiger partial charge in [-0.3, -0.25) is 4.90 Å². The zero-order valence-corrected chi connectivity index (χ0v) is 12.0. The monoisotopic (exact) mass is 288 g/mol. The summed E-state index contributed by atoms with van der Waals surface area (Å²) in [6, 6.07) is 5.70. The van der Waals surface area contributed by atoms with Crippen LogP contribution in [0.5, 0.6) is 0 Å².